The third-order valence-corrected chi connectivity index (χ3v) is 6.11. The van der Waals surface area contributed by atoms with Crippen molar-refractivity contribution < 1.29 is 23.6 Å². The van der Waals surface area contributed by atoms with Crippen molar-refractivity contribution in [1.82, 2.24) is 4.90 Å². The van der Waals surface area contributed by atoms with Crippen LogP contribution in [0.2, 0.25) is 5.04 Å². The zero-order chi connectivity index (χ0) is 22.0. The molecule has 0 aromatic heterocycles. The molecule has 8 nitrogen and oxygen atoms in total. The minimum atomic E-state index is -0.567. The summed E-state index contributed by atoms with van der Waals surface area (Å²) in [6, 6.07) is 2.46. The molecule has 1 aromatic rings. The molecule has 0 saturated carbocycles. The van der Waals surface area contributed by atoms with Crippen LogP contribution in [0.4, 0.5) is 5.69 Å². The van der Waals surface area contributed by atoms with Crippen molar-refractivity contribution in [1.29, 1.82) is 0 Å². The minimum Gasteiger partial charge on any atom is -0.493 e. The number of nitro groups is 1. The number of nitro benzene ring substituents is 1. The van der Waals surface area contributed by atoms with Crippen molar-refractivity contribution in [3.63, 3.8) is 0 Å². The lowest BCUT2D eigenvalue weighted by Gasteiger charge is -2.39. The van der Waals surface area contributed by atoms with Crippen LogP contribution in [0.3, 0.4) is 0 Å². The van der Waals surface area contributed by atoms with Crippen LogP contribution in [-0.4, -0.2) is 57.9 Å². The van der Waals surface area contributed by atoms with Gasteiger partial charge < -0.3 is 18.8 Å². The van der Waals surface area contributed by atoms with Gasteiger partial charge in [0.2, 0.25) is 9.76 Å². The van der Waals surface area contributed by atoms with E-state index in [-0.39, 0.29) is 43.6 Å². The third-order valence-electron chi connectivity index (χ3n) is 4.87. The van der Waals surface area contributed by atoms with Gasteiger partial charge in [0.1, 0.15) is 5.56 Å². The Bertz CT molecular complexity index is 775. The molecule has 0 bridgehead atoms. The normalized spacial score (nSPS) is 17.3. The van der Waals surface area contributed by atoms with Gasteiger partial charge in [-0.15, -0.1) is 0 Å². The minimum absolute atomic E-state index is 0.00591. The van der Waals surface area contributed by atoms with E-state index < -0.39 is 16.4 Å². The third kappa shape index (κ3) is 5.27. The predicted octanol–water partition coefficient (Wildman–Crippen LogP) is 3.85. The number of ether oxygens (including phenoxy) is 2. The smallest absolute Gasteiger partial charge is 0.286 e. The largest absolute Gasteiger partial charge is 0.493 e. The molecule has 29 heavy (non-hydrogen) atoms. The summed E-state index contributed by atoms with van der Waals surface area (Å²) in [5.74, 6) is 0.0987. The van der Waals surface area contributed by atoms with Crippen LogP contribution < -0.4 is 9.47 Å². The Morgan fingerprint density at radius 2 is 1.76 bits per heavy atom. The van der Waals surface area contributed by atoms with Crippen LogP contribution >= 0.6 is 0 Å². The molecule has 1 aliphatic rings. The first kappa shape index (κ1) is 23.1. The molecule has 2 rings (SSSR count). The molecule has 1 fully saturated rings. The van der Waals surface area contributed by atoms with Crippen molar-refractivity contribution >= 4 is 21.4 Å². The van der Waals surface area contributed by atoms with E-state index in [1.54, 1.807) is 4.90 Å². The number of hydrogen-bond donors (Lipinski definition) is 0. The lowest BCUT2D eigenvalue weighted by atomic mass is 9.96. The second-order valence-electron chi connectivity index (χ2n) is 8.70. The van der Waals surface area contributed by atoms with Crippen LogP contribution in [-0.2, 0) is 4.43 Å². The summed E-state index contributed by atoms with van der Waals surface area (Å²) in [7, 11) is 3.11. The second-order valence-corrected chi connectivity index (χ2v) is 10.6. The maximum atomic E-state index is 13.4. The van der Waals surface area contributed by atoms with Gasteiger partial charge in [0.25, 0.3) is 11.6 Å². The molecule has 1 aliphatic heterocycles. The Labute approximate surface area is 174 Å². The molecule has 1 aromatic carbocycles. The zero-order valence-corrected chi connectivity index (χ0v) is 19.2. The fourth-order valence-electron chi connectivity index (χ4n) is 3.43. The molecule has 1 saturated heterocycles. The van der Waals surface area contributed by atoms with E-state index in [1.165, 1.54) is 26.4 Å². The van der Waals surface area contributed by atoms with E-state index in [9.17, 15) is 14.9 Å². The molecule has 160 valence electrons. The first-order valence-electron chi connectivity index (χ1n) is 9.58. The quantitative estimate of drug-likeness (QED) is 0.377. The average Bonchev–Trinajstić information content (AvgIpc) is 3.15. The predicted molar refractivity (Wildman–Crippen MR) is 111 cm³/mol. The fourth-order valence-corrected chi connectivity index (χ4v) is 4.14. The van der Waals surface area contributed by atoms with Gasteiger partial charge in [0.05, 0.1) is 36.9 Å². The molecular formula is C20H30N2O6Si. The highest BCUT2D eigenvalue weighted by atomic mass is 28.2. The monoisotopic (exact) mass is 422 g/mol. The summed E-state index contributed by atoms with van der Waals surface area (Å²) >= 11 is 0. The van der Waals surface area contributed by atoms with Gasteiger partial charge in [0, 0.05) is 12.6 Å². The van der Waals surface area contributed by atoms with Gasteiger partial charge in [-0.25, -0.2) is 0 Å². The van der Waals surface area contributed by atoms with Gasteiger partial charge in [-0.2, -0.15) is 0 Å². The Kier molecular flexibility index (Phi) is 6.95. The Balaban J connectivity index is 2.38. The average molecular weight is 423 g/mol. The van der Waals surface area contributed by atoms with Crippen molar-refractivity contribution in [2.24, 2.45) is 0 Å². The second kappa shape index (κ2) is 8.70. The number of rotatable bonds is 7. The lowest BCUT2D eigenvalue weighted by molar-refractivity contribution is -0.385. The first-order chi connectivity index (χ1) is 13.4. The SMILES string of the molecule is COc1cc(C(=O)N2CCCC2C(C)(C)O[Si]C(C)(C)C)c([N+](=O)[O-])cc1OC. The Morgan fingerprint density at radius 1 is 1.17 bits per heavy atom. The van der Waals surface area contributed by atoms with Crippen LogP contribution in [0.5, 0.6) is 11.5 Å². The number of nitrogens with zero attached hydrogens (tertiary/aromatic N) is 2. The molecule has 0 aliphatic carbocycles. The lowest BCUT2D eigenvalue weighted by Crippen LogP contribution is -2.50. The summed E-state index contributed by atoms with van der Waals surface area (Å²) < 4.78 is 16.6. The summed E-state index contributed by atoms with van der Waals surface area (Å²) in [4.78, 5) is 26.1. The molecule has 9 heteroatoms. The maximum Gasteiger partial charge on any atom is 0.286 e. The summed E-state index contributed by atoms with van der Waals surface area (Å²) in [5, 5.41) is 11.6. The fraction of sp³-hybridized carbons (Fsp3) is 0.650. The molecule has 0 spiro atoms. The van der Waals surface area contributed by atoms with Gasteiger partial charge in [0.15, 0.2) is 11.5 Å². The number of hydrogen-bond acceptors (Lipinski definition) is 6. The molecule has 1 heterocycles. The molecule has 1 atom stereocenters. The number of methoxy groups -OCH3 is 2. The molecule has 2 radical (unpaired) electrons. The topological polar surface area (TPSA) is 91.1 Å². The highest BCUT2D eigenvalue weighted by Gasteiger charge is 2.42. The Morgan fingerprint density at radius 3 is 2.28 bits per heavy atom. The number of carbonyl (C=O) groups is 1. The molecular weight excluding hydrogens is 392 g/mol. The van der Waals surface area contributed by atoms with E-state index in [0.29, 0.717) is 6.54 Å². The van der Waals surface area contributed by atoms with E-state index in [4.69, 9.17) is 13.9 Å². The van der Waals surface area contributed by atoms with Crippen LogP contribution in [0.15, 0.2) is 12.1 Å². The van der Waals surface area contributed by atoms with Crippen molar-refractivity contribution in [2.75, 3.05) is 20.8 Å². The zero-order valence-electron chi connectivity index (χ0n) is 18.2. The van der Waals surface area contributed by atoms with Crippen molar-refractivity contribution in [3.8, 4) is 11.5 Å². The summed E-state index contributed by atoms with van der Waals surface area (Å²) in [5.41, 5.74) is -0.870. The Hall–Kier alpha value is -2.13. The summed E-state index contributed by atoms with van der Waals surface area (Å²) in [6.07, 6.45) is 1.61. The number of likely N-dealkylation sites (tertiary alicyclic amines) is 1. The molecule has 0 N–H and O–H groups in total. The summed E-state index contributed by atoms with van der Waals surface area (Å²) in [6.45, 7) is 10.8. The van der Waals surface area contributed by atoms with Crippen LogP contribution in [0, 0.1) is 10.1 Å². The van der Waals surface area contributed by atoms with Crippen LogP contribution in [0.1, 0.15) is 57.8 Å². The first-order valence-corrected chi connectivity index (χ1v) is 10.5. The highest BCUT2D eigenvalue weighted by Crippen LogP contribution is 2.38. The van der Waals surface area contributed by atoms with Crippen LogP contribution in [0.25, 0.3) is 0 Å². The van der Waals surface area contributed by atoms with E-state index in [0.717, 1.165) is 12.8 Å². The van der Waals surface area contributed by atoms with E-state index >= 15 is 0 Å². The van der Waals surface area contributed by atoms with Gasteiger partial charge in [-0.1, -0.05) is 20.8 Å². The van der Waals surface area contributed by atoms with E-state index in [1.807, 2.05) is 13.8 Å². The number of amides is 1. The number of benzene rings is 1. The maximum absolute atomic E-state index is 13.4. The molecule has 1 unspecified atom stereocenters. The number of carbonyl (C=O) groups excluding carboxylic acids is 1. The molecule has 1 amide bonds. The van der Waals surface area contributed by atoms with Gasteiger partial charge in [-0.3, -0.25) is 14.9 Å². The van der Waals surface area contributed by atoms with Gasteiger partial charge >= 0.3 is 0 Å². The van der Waals surface area contributed by atoms with Crippen molar-refractivity contribution in [3.05, 3.63) is 27.8 Å². The van der Waals surface area contributed by atoms with Gasteiger partial charge in [-0.05, 0) is 31.7 Å². The standard InChI is InChI=1S/C20H30N2O6Si/c1-19(2,3)29-28-20(4,5)17-9-8-10-21(17)18(23)13-11-15(26-6)16(27-7)12-14(13)22(24)25/h11-12,17H,8-10H2,1-7H3. The van der Waals surface area contributed by atoms with Crippen molar-refractivity contribution in [2.45, 2.75) is 64.1 Å². The highest BCUT2D eigenvalue weighted by molar-refractivity contribution is 6.31. The van der Waals surface area contributed by atoms with E-state index in [2.05, 4.69) is 20.8 Å².